The number of esters is 2. The molecule has 0 aliphatic rings. The van der Waals surface area contributed by atoms with Crippen LogP contribution in [0.2, 0.25) is 0 Å². The first-order valence-corrected chi connectivity index (χ1v) is 19.0. The number of allylic oxidation sites excluding steroid dienone is 14. The minimum absolute atomic E-state index is 0.105. The fourth-order valence-corrected chi connectivity index (χ4v) is 4.58. The second-order valence-corrected chi connectivity index (χ2v) is 12.5. The molecule has 0 aromatic heterocycles. The fourth-order valence-electron chi connectivity index (χ4n) is 4.22. The first kappa shape index (κ1) is 44.2. The number of carbonyl (C=O) groups excluding carboxylic acids is 2. The van der Waals surface area contributed by atoms with Crippen molar-refractivity contribution in [2.24, 2.45) is 0 Å². The van der Waals surface area contributed by atoms with Gasteiger partial charge in [-0.05, 0) is 51.4 Å². The quantitative estimate of drug-likeness (QED) is 0.0334. The highest BCUT2D eigenvalue weighted by Gasteiger charge is 2.22. The number of hydrogen-bond acceptors (Lipinski definition) is 6. The third-order valence-corrected chi connectivity index (χ3v) is 7.29. The summed E-state index contributed by atoms with van der Waals surface area (Å²) in [4.78, 5) is 42.5. The Morgan fingerprint density at radius 2 is 1.04 bits per heavy atom. The van der Waals surface area contributed by atoms with Gasteiger partial charge in [0.25, 0.3) is 0 Å². The van der Waals surface area contributed by atoms with Crippen LogP contribution in [-0.2, 0) is 28.2 Å². The van der Waals surface area contributed by atoms with Crippen LogP contribution in [0.15, 0.2) is 85.1 Å². The molecule has 2 N–H and O–H groups in total. The third kappa shape index (κ3) is 35.9. The number of hydrogen-bond donors (Lipinski definition) is 2. The molecular formula is C38H61O8P. The summed E-state index contributed by atoms with van der Waals surface area (Å²) in [6.07, 6.45) is 43.2. The summed E-state index contributed by atoms with van der Waals surface area (Å²) in [6.45, 7) is 3.41. The van der Waals surface area contributed by atoms with Crippen molar-refractivity contribution in [3.63, 3.8) is 0 Å². The molecule has 0 aliphatic heterocycles. The molecule has 0 fully saturated rings. The Hall–Kier alpha value is -2.77. The predicted octanol–water partition coefficient (Wildman–Crippen LogP) is 10.1. The molecule has 1 atom stereocenters. The van der Waals surface area contributed by atoms with E-state index in [4.69, 9.17) is 19.3 Å². The highest BCUT2D eigenvalue weighted by molar-refractivity contribution is 7.46. The van der Waals surface area contributed by atoms with E-state index in [0.29, 0.717) is 19.3 Å². The van der Waals surface area contributed by atoms with Crippen molar-refractivity contribution in [1.29, 1.82) is 0 Å². The van der Waals surface area contributed by atoms with Crippen molar-refractivity contribution in [2.45, 2.75) is 129 Å². The second kappa shape index (κ2) is 33.1. The van der Waals surface area contributed by atoms with Gasteiger partial charge in [-0.2, -0.15) is 0 Å². The molecule has 1 unspecified atom stereocenters. The van der Waals surface area contributed by atoms with Crippen molar-refractivity contribution in [2.75, 3.05) is 13.2 Å². The number of ether oxygens (including phenoxy) is 2. The molecule has 0 bridgehead atoms. The van der Waals surface area contributed by atoms with E-state index in [1.54, 1.807) is 0 Å². The van der Waals surface area contributed by atoms with E-state index in [2.05, 4.69) is 48.8 Å². The number of carbonyl (C=O) groups is 2. The number of phosphoric ester groups is 1. The zero-order chi connectivity index (χ0) is 34.7. The third-order valence-electron chi connectivity index (χ3n) is 6.80. The highest BCUT2D eigenvalue weighted by atomic mass is 31.2. The minimum atomic E-state index is -4.78. The average molecular weight is 677 g/mol. The molecule has 0 aromatic carbocycles. The Kier molecular flexibility index (Phi) is 31.2. The average Bonchev–Trinajstić information content (AvgIpc) is 3.03. The van der Waals surface area contributed by atoms with Crippen LogP contribution >= 0.6 is 7.82 Å². The van der Waals surface area contributed by atoms with Gasteiger partial charge in [-0.1, -0.05) is 144 Å². The molecule has 8 nitrogen and oxygen atoms in total. The van der Waals surface area contributed by atoms with E-state index in [9.17, 15) is 14.2 Å². The van der Waals surface area contributed by atoms with E-state index in [1.165, 1.54) is 44.9 Å². The molecule has 0 radical (unpaired) electrons. The smallest absolute Gasteiger partial charge is 0.462 e. The molecule has 0 amide bonds. The van der Waals surface area contributed by atoms with Gasteiger partial charge in [-0.25, -0.2) is 4.57 Å². The van der Waals surface area contributed by atoms with Gasteiger partial charge in [0.15, 0.2) is 6.10 Å². The Morgan fingerprint density at radius 3 is 1.62 bits per heavy atom. The molecule has 0 aromatic rings. The summed E-state index contributed by atoms with van der Waals surface area (Å²) in [6, 6.07) is 0. The van der Waals surface area contributed by atoms with Gasteiger partial charge in [-0.3, -0.25) is 14.1 Å². The van der Waals surface area contributed by atoms with Crippen LogP contribution in [0.1, 0.15) is 123 Å². The molecule has 0 heterocycles. The van der Waals surface area contributed by atoms with Gasteiger partial charge in [0.05, 0.1) is 6.61 Å². The first-order valence-electron chi connectivity index (χ1n) is 17.5. The number of rotatable bonds is 30. The maximum Gasteiger partial charge on any atom is 0.469 e. The van der Waals surface area contributed by atoms with Crippen molar-refractivity contribution in [3.05, 3.63) is 85.1 Å². The van der Waals surface area contributed by atoms with Crippen LogP contribution in [0.25, 0.3) is 0 Å². The zero-order valence-corrected chi connectivity index (χ0v) is 29.8. The van der Waals surface area contributed by atoms with Crippen LogP contribution in [0.5, 0.6) is 0 Å². The van der Waals surface area contributed by atoms with Crippen LogP contribution < -0.4 is 0 Å². The molecule has 9 heteroatoms. The van der Waals surface area contributed by atoms with Crippen LogP contribution in [0.4, 0.5) is 0 Å². The van der Waals surface area contributed by atoms with Crippen LogP contribution in [0.3, 0.4) is 0 Å². The molecule has 47 heavy (non-hydrogen) atoms. The SMILES string of the molecule is CC/C=C/C=C/C=C/C=C/C=C/CCCC(=O)OC(COC(=O)CCCCC/C=C/C=C/CCCCCCCCC)COP(=O)(O)O. The lowest BCUT2D eigenvalue weighted by atomic mass is 10.1. The molecule has 0 saturated heterocycles. The number of phosphoric acid groups is 1. The molecule has 266 valence electrons. The van der Waals surface area contributed by atoms with E-state index in [1.807, 2.05) is 54.7 Å². The molecule has 0 spiro atoms. The van der Waals surface area contributed by atoms with Gasteiger partial charge in [0.1, 0.15) is 6.61 Å². The second-order valence-electron chi connectivity index (χ2n) is 11.3. The summed E-state index contributed by atoms with van der Waals surface area (Å²) in [7, 11) is -4.78. The van der Waals surface area contributed by atoms with E-state index in [-0.39, 0.29) is 19.4 Å². The van der Waals surface area contributed by atoms with Crippen molar-refractivity contribution < 1.29 is 37.9 Å². The zero-order valence-electron chi connectivity index (χ0n) is 28.9. The Bertz CT molecular complexity index is 1030. The van der Waals surface area contributed by atoms with Gasteiger partial charge in [-0.15, -0.1) is 0 Å². The Morgan fingerprint density at radius 1 is 0.574 bits per heavy atom. The van der Waals surface area contributed by atoms with E-state index in [0.717, 1.165) is 32.1 Å². The molecule has 0 rings (SSSR count). The monoisotopic (exact) mass is 676 g/mol. The standard InChI is InChI=1S/C38H61O8P/c1-3-5-7-9-11-13-15-17-18-19-21-22-24-26-28-30-32-37(39)44-34-36(35-45-47(41,42)43)46-38(40)33-31-29-27-25-23-20-16-14-12-10-8-6-4-2/h6,8,10,12,14,16,18-23,25,27,36H,3-5,7,9,11,13,15,17,24,26,28-35H2,1-2H3,(H2,41,42,43)/b8-6+,12-10+,16-14+,19-18+,22-21+,23-20+,27-25+. The molecule has 0 aliphatic carbocycles. The summed E-state index contributed by atoms with van der Waals surface area (Å²) in [5.74, 6) is -1.01. The minimum Gasteiger partial charge on any atom is -0.462 e. The lowest BCUT2D eigenvalue weighted by molar-refractivity contribution is -0.161. The maximum atomic E-state index is 12.3. The number of unbranched alkanes of at least 4 members (excludes halogenated alkanes) is 11. The first-order chi connectivity index (χ1) is 22.8. The van der Waals surface area contributed by atoms with Gasteiger partial charge >= 0.3 is 19.8 Å². The highest BCUT2D eigenvalue weighted by Crippen LogP contribution is 2.35. The van der Waals surface area contributed by atoms with Gasteiger partial charge < -0.3 is 19.3 Å². The van der Waals surface area contributed by atoms with Crippen molar-refractivity contribution in [3.8, 4) is 0 Å². The van der Waals surface area contributed by atoms with E-state index < -0.39 is 32.5 Å². The summed E-state index contributed by atoms with van der Waals surface area (Å²) < 4.78 is 26.1. The summed E-state index contributed by atoms with van der Waals surface area (Å²) in [5.41, 5.74) is 0. The largest absolute Gasteiger partial charge is 0.469 e. The van der Waals surface area contributed by atoms with Crippen molar-refractivity contribution in [1.82, 2.24) is 0 Å². The summed E-state index contributed by atoms with van der Waals surface area (Å²) in [5, 5.41) is 0. The van der Waals surface area contributed by atoms with Crippen molar-refractivity contribution >= 4 is 19.8 Å². The van der Waals surface area contributed by atoms with Crippen LogP contribution in [0, 0.1) is 0 Å². The van der Waals surface area contributed by atoms with E-state index >= 15 is 0 Å². The van der Waals surface area contributed by atoms with Gasteiger partial charge in [0, 0.05) is 12.8 Å². The summed E-state index contributed by atoms with van der Waals surface area (Å²) >= 11 is 0. The topological polar surface area (TPSA) is 119 Å². The normalized spacial score (nSPS) is 13.5. The lowest BCUT2D eigenvalue weighted by Crippen LogP contribution is -2.29. The Labute approximate surface area is 284 Å². The lowest BCUT2D eigenvalue weighted by Gasteiger charge is -2.18. The maximum absolute atomic E-state index is 12.3. The fraction of sp³-hybridized carbons (Fsp3) is 0.579. The molecular weight excluding hydrogens is 615 g/mol. The molecule has 0 saturated carbocycles. The van der Waals surface area contributed by atoms with Gasteiger partial charge in [0.2, 0.25) is 0 Å². The van der Waals surface area contributed by atoms with Crippen LogP contribution in [-0.4, -0.2) is 41.0 Å². The predicted molar refractivity (Wildman–Crippen MR) is 193 cm³/mol. The Balaban J connectivity index is 4.19.